The van der Waals surface area contributed by atoms with E-state index in [-0.39, 0.29) is 0 Å². The zero-order chi connectivity index (χ0) is 32.3. The van der Waals surface area contributed by atoms with Crippen molar-refractivity contribution in [3.63, 3.8) is 0 Å². The second-order valence-electron chi connectivity index (χ2n) is 12.3. The zero-order valence-corrected chi connectivity index (χ0v) is 26.2. The standard InChI is InChI=1S/C44H26N4O/c1-2-10-28(11-3-1)42-46-43(33-19-18-27-9-4-5-12-29(27)23-33)48-44(47-42)36-16-6-13-30-24-31(20-21-34(30)36)35-15-7-17-39-41(35)37-25-32-14-8-22-45-38(32)26-40(37)49-39/h1-26H. The second-order valence-corrected chi connectivity index (χ2v) is 12.3. The Morgan fingerprint density at radius 2 is 1.10 bits per heavy atom. The Morgan fingerprint density at radius 1 is 0.388 bits per heavy atom. The average Bonchev–Trinajstić information content (AvgIpc) is 3.54. The van der Waals surface area contributed by atoms with Gasteiger partial charge in [0.15, 0.2) is 17.5 Å². The molecule has 7 aromatic carbocycles. The third-order valence-electron chi connectivity index (χ3n) is 9.33. The number of furan rings is 1. The van der Waals surface area contributed by atoms with Crippen molar-refractivity contribution in [3.05, 3.63) is 158 Å². The molecule has 0 spiro atoms. The molecule has 49 heavy (non-hydrogen) atoms. The lowest BCUT2D eigenvalue weighted by Gasteiger charge is -2.12. The van der Waals surface area contributed by atoms with Crippen LogP contribution in [0.5, 0.6) is 0 Å². The molecule has 0 bridgehead atoms. The van der Waals surface area contributed by atoms with Gasteiger partial charge in [0.2, 0.25) is 0 Å². The molecule has 0 unspecified atom stereocenters. The predicted molar refractivity (Wildman–Crippen MR) is 199 cm³/mol. The van der Waals surface area contributed by atoms with Gasteiger partial charge in [-0.15, -0.1) is 0 Å². The number of hydrogen-bond donors (Lipinski definition) is 0. The summed E-state index contributed by atoms with van der Waals surface area (Å²) >= 11 is 0. The first-order valence-electron chi connectivity index (χ1n) is 16.3. The lowest BCUT2D eigenvalue weighted by Crippen LogP contribution is -2.00. The Morgan fingerprint density at radius 3 is 2.02 bits per heavy atom. The van der Waals surface area contributed by atoms with Crippen molar-refractivity contribution < 1.29 is 4.42 Å². The van der Waals surface area contributed by atoms with Crippen LogP contribution in [0.3, 0.4) is 0 Å². The molecule has 0 radical (unpaired) electrons. The van der Waals surface area contributed by atoms with Gasteiger partial charge in [-0.25, -0.2) is 15.0 Å². The zero-order valence-electron chi connectivity index (χ0n) is 26.2. The molecule has 0 atom stereocenters. The number of rotatable bonds is 4. The summed E-state index contributed by atoms with van der Waals surface area (Å²) in [5.41, 5.74) is 7.70. The summed E-state index contributed by atoms with van der Waals surface area (Å²) in [4.78, 5) is 19.6. The number of nitrogens with zero attached hydrogens (tertiary/aromatic N) is 4. The SMILES string of the molecule is c1ccc(-c2nc(-c3ccc4ccccc4c3)nc(-c3cccc4cc(-c5cccc6oc7cc8ncccc8cc7c56)ccc34)n2)cc1. The van der Waals surface area contributed by atoms with Crippen LogP contribution in [0.4, 0.5) is 0 Å². The van der Waals surface area contributed by atoms with Gasteiger partial charge in [-0.05, 0) is 63.0 Å². The van der Waals surface area contributed by atoms with E-state index in [0.717, 1.165) is 76.8 Å². The Balaban J connectivity index is 1.14. The number of fused-ring (bicyclic) bond motifs is 6. The van der Waals surface area contributed by atoms with Crippen LogP contribution in [0.25, 0.3) is 99.7 Å². The van der Waals surface area contributed by atoms with Gasteiger partial charge in [-0.3, -0.25) is 4.98 Å². The van der Waals surface area contributed by atoms with Gasteiger partial charge < -0.3 is 4.42 Å². The van der Waals surface area contributed by atoms with Crippen LogP contribution >= 0.6 is 0 Å². The molecule has 0 fully saturated rings. The van der Waals surface area contributed by atoms with Gasteiger partial charge in [-0.1, -0.05) is 115 Å². The normalized spacial score (nSPS) is 11.7. The van der Waals surface area contributed by atoms with Gasteiger partial charge >= 0.3 is 0 Å². The van der Waals surface area contributed by atoms with E-state index in [4.69, 9.17) is 19.4 Å². The Bertz CT molecular complexity index is 2890. The fourth-order valence-electron chi connectivity index (χ4n) is 6.95. The molecule has 0 aliphatic carbocycles. The quantitative estimate of drug-likeness (QED) is 0.194. The molecule has 3 aromatic heterocycles. The highest BCUT2D eigenvalue weighted by Crippen LogP contribution is 2.40. The minimum atomic E-state index is 0.638. The van der Waals surface area contributed by atoms with Crippen LogP contribution in [0, 0.1) is 0 Å². The molecule has 0 amide bonds. The van der Waals surface area contributed by atoms with Crippen LogP contribution < -0.4 is 0 Å². The van der Waals surface area contributed by atoms with Crippen molar-refractivity contribution >= 4 is 54.4 Å². The largest absolute Gasteiger partial charge is 0.456 e. The summed E-state index contributed by atoms with van der Waals surface area (Å²) in [6, 6.07) is 52.3. The third-order valence-corrected chi connectivity index (χ3v) is 9.33. The van der Waals surface area contributed by atoms with E-state index >= 15 is 0 Å². The Kier molecular flexibility index (Phi) is 6.11. The van der Waals surface area contributed by atoms with Gasteiger partial charge in [0, 0.05) is 45.1 Å². The van der Waals surface area contributed by atoms with E-state index in [0.29, 0.717) is 17.5 Å². The van der Waals surface area contributed by atoms with Crippen molar-refractivity contribution in [1.82, 2.24) is 19.9 Å². The lowest BCUT2D eigenvalue weighted by atomic mass is 9.95. The fourth-order valence-corrected chi connectivity index (χ4v) is 6.95. The van der Waals surface area contributed by atoms with Gasteiger partial charge in [0.05, 0.1) is 5.52 Å². The van der Waals surface area contributed by atoms with E-state index < -0.39 is 0 Å². The fraction of sp³-hybridized carbons (Fsp3) is 0. The maximum absolute atomic E-state index is 6.34. The topological polar surface area (TPSA) is 64.7 Å². The Hall–Kier alpha value is -6.72. The first kappa shape index (κ1) is 27.4. The van der Waals surface area contributed by atoms with Crippen LogP contribution in [0.2, 0.25) is 0 Å². The first-order valence-corrected chi connectivity index (χ1v) is 16.3. The average molecular weight is 627 g/mol. The van der Waals surface area contributed by atoms with Crippen LogP contribution in [-0.4, -0.2) is 19.9 Å². The molecule has 0 N–H and O–H groups in total. The van der Waals surface area contributed by atoms with Crippen LogP contribution in [0.15, 0.2) is 162 Å². The molecule has 10 aromatic rings. The van der Waals surface area contributed by atoms with E-state index in [2.05, 4.69) is 108 Å². The molecule has 0 aliphatic heterocycles. The highest BCUT2D eigenvalue weighted by Gasteiger charge is 2.17. The van der Waals surface area contributed by atoms with Gasteiger partial charge in [0.25, 0.3) is 0 Å². The number of hydrogen-bond acceptors (Lipinski definition) is 5. The molecule has 0 saturated carbocycles. The smallest absolute Gasteiger partial charge is 0.164 e. The molecule has 5 heteroatoms. The summed E-state index contributed by atoms with van der Waals surface area (Å²) in [6.45, 7) is 0. The summed E-state index contributed by atoms with van der Waals surface area (Å²) < 4.78 is 6.34. The number of pyridine rings is 1. The molecule has 10 rings (SSSR count). The second kappa shape index (κ2) is 10.9. The predicted octanol–water partition coefficient (Wildman–Crippen LogP) is 11.3. The first-order chi connectivity index (χ1) is 24.2. The molecular formula is C44H26N4O. The van der Waals surface area contributed by atoms with Crippen LogP contribution in [0.1, 0.15) is 0 Å². The third kappa shape index (κ3) is 4.63. The van der Waals surface area contributed by atoms with Crippen LogP contribution in [-0.2, 0) is 0 Å². The van der Waals surface area contributed by atoms with Gasteiger partial charge in [0.1, 0.15) is 11.2 Å². The van der Waals surface area contributed by atoms with Crippen molar-refractivity contribution in [3.8, 4) is 45.3 Å². The van der Waals surface area contributed by atoms with Crippen molar-refractivity contribution in [2.24, 2.45) is 0 Å². The number of aromatic nitrogens is 4. The monoisotopic (exact) mass is 626 g/mol. The summed E-state index contributed by atoms with van der Waals surface area (Å²) in [5, 5.41) is 7.77. The molecule has 0 saturated heterocycles. The maximum Gasteiger partial charge on any atom is 0.164 e. The van der Waals surface area contributed by atoms with E-state index in [1.165, 1.54) is 5.39 Å². The molecule has 228 valence electrons. The summed E-state index contributed by atoms with van der Waals surface area (Å²) in [6.07, 6.45) is 1.81. The molecular weight excluding hydrogens is 601 g/mol. The van der Waals surface area contributed by atoms with E-state index in [9.17, 15) is 0 Å². The lowest BCUT2D eigenvalue weighted by molar-refractivity contribution is 0.669. The van der Waals surface area contributed by atoms with E-state index in [1.807, 2.05) is 54.7 Å². The minimum Gasteiger partial charge on any atom is -0.456 e. The molecule has 3 heterocycles. The Labute approximate surface area is 281 Å². The molecule has 0 aliphatic rings. The van der Waals surface area contributed by atoms with Crippen molar-refractivity contribution in [2.45, 2.75) is 0 Å². The summed E-state index contributed by atoms with van der Waals surface area (Å²) in [7, 11) is 0. The minimum absolute atomic E-state index is 0.638. The highest BCUT2D eigenvalue weighted by molar-refractivity contribution is 6.15. The van der Waals surface area contributed by atoms with Crippen molar-refractivity contribution in [2.75, 3.05) is 0 Å². The van der Waals surface area contributed by atoms with Crippen molar-refractivity contribution in [1.29, 1.82) is 0 Å². The molecule has 5 nitrogen and oxygen atoms in total. The van der Waals surface area contributed by atoms with Gasteiger partial charge in [-0.2, -0.15) is 0 Å². The van der Waals surface area contributed by atoms with E-state index in [1.54, 1.807) is 0 Å². The highest BCUT2D eigenvalue weighted by atomic mass is 16.3. The number of benzene rings is 7. The summed E-state index contributed by atoms with van der Waals surface area (Å²) in [5.74, 6) is 1.92. The maximum atomic E-state index is 6.34.